The predicted octanol–water partition coefficient (Wildman–Crippen LogP) is 4.22. The van der Waals surface area contributed by atoms with Crippen LogP contribution in [-0.2, 0) is 13.0 Å². The van der Waals surface area contributed by atoms with Crippen molar-refractivity contribution in [3.8, 4) is 11.5 Å². The smallest absolute Gasteiger partial charge is 0.247 e. The quantitative estimate of drug-likeness (QED) is 0.653. The minimum atomic E-state index is 0.0302. The number of aromatic nitrogens is 5. The van der Waals surface area contributed by atoms with Gasteiger partial charge in [0.05, 0.1) is 5.25 Å². The van der Waals surface area contributed by atoms with Crippen LogP contribution in [0, 0.1) is 6.92 Å². The van der Waals surface area contributed by atoms with Gasteiger partial charge in [-0.05, 0) is 38.8 Å². The standard InChI is InChI=1S/C18H21N5OS/c1-12-7-6-8-14(11-12)17-21-20-16(24-17)13(2)25-18-22-19-15-9-4-3-5-10-23(15)18/h6-8,11,13H,3-5,9-10H2,1-2H3/t13-/m1/s1. The molecule has 1 aliphatic rings. The zero-order valence-electron chi connectivity index (χ0n) is 14.5. The monoisotopic (exact) mass is 355 g/mol. The minimum Gasteiger partial charge on any atom is -0.419 e. The fourth-order valence-electron chi connectivity index (χ4n) is 3.05. The second kappa shape index (κ2) is 7.00. The van der Waals surface area contributed by atoms with Crippen LogP contribution in [0.25, 0.3) is 11.5 Å². The summed E-state index contributed by atoms with van der Waals surface area (Å²) in [6.07, 6.45) is 4.65. The van der Waals surface area contributed by atoms with Crippen LogP contribution in [0.15, 0.2) is 33.8 Å². The number of hydrogen-bond donors (Lipinski definition) is 0. The van der Waals surface area contributed by atoms with Gasteiger partial charge in [-0.1, -0.05) is 35.9 Å². The topological polar surface area (TPSA) is 69.6 Å². The maximum Gasteiger partial charge on any atom is 0.247 e. The summed E-state index contributed by atoms with van der Waals surface area (Å²) in [6, 6.07) is 8.09. The molecule has 0 spiro atoms. The molecule has 1 aromatic carbocycles. The molecule has 0 unspecified atom stereocenters. The molecule has 2 aromatic heterocycles. The van der Waals surface area contributed by atoms with Crippen molar-refractivity contribution in [2.75, 3.05) is 0 Å². The number of benzene rings is 1. The van der Waals surface area contributed by atoms with Gasteiger partial charge in [-0.2, -0.15) is 0 Å². The highest BCUT2D eigenvalue weighted by Crippen LogP contribution is 2.35. The summed E-state index contributed by atoms with van der Waals surface area (Å²) in [7, 11) is 0. The molecule has 25 heavy (non-hydrogen) atoms. The van der Waals surface area contributed by atoms with E-state index in [0.717, 1.165) is 29.5 Å². The Morgan fingerprint density at radius 1 is 1.12 bits per heavy atom. The normalized spacial score (nSPS) is 15.6. The van der Waals surface area contributed by atoms with E-state index in [-0.39, 0.29) is 5.25 Å². The Hall–Kier alpha value is -2.15. The molecule has 0 fully saturated rings. The average molecular weight is 355 g/mol. The van der Waals surface area contributed by atoms with Crippen molar-refractivity contribution in [1.82, 2.24) is 25.0 Å². The van der Waals surface area contributed by atoms with E-state index in [1.807, 2.05) is 18.2 Å². The fraction of sp³-hybridized carbons (Fsp3) is 0.444. The SMILES string of the molecule is Cc1cccc(-c2nnc([C@@H](C)Sc3nnc4n3CCCCC4)o2)c1. The minimum absolute atomic E-state index is 0.0302. The van der Waals surface area contributed by atoms with Crippen molar-refractivity contribution >= 4 is 11.8 Å². The Labute approximate surface area is 151 Å². The molecule has 6 nitrogen and oxygen atoms in total. The first kappa shape index (κ1) is 16.3. The summed E-state index contributed by atoms with van der Waals surface area (Å²) in [5.41, 5.74) is 2.12. The second-order valence-corrected chi connectivity index (χ2v) is 7.74. The lowest BCUT2D eigenvalue weighted by Crippen LogP contribution is -2.03. The van der Waals surface area contributed by atoms with Crippen molar-refractivity contribution < 1.29 is 4.42 Å². The lowest BCUT2D eigenvalue weighted by atomic mass is 10.1. The first-order chi connectivity index (χ1) is 12.2. The highest BCUT2D eigenvalue weighted by Gasteiger charge is 2.21. The molecule has 0 radical (unpaired) electrons. The molecule has 1 aliphatic heterocycles. The molecule has 0 amide bonds. The first-order valence-electron chi connectivity index (χ1n) is 8.70. The van der Waals surface area contributed by atoms with Crippen LogP contribution in [0.1, 0.15) is 48.7 Å². The largest absolute Gasteiger partial charge is 0.419 e. The number of rotatable bonds is 4. The van der Waals surface area contributed by atoms with Crippen molar-refractivity contribution in [1.29, 1.82) is 0 Å². The van der Waals surface area contributed by atoms with Gasteiger partial charge in [0.15, 0.2) is 5.16 Å². The van der Waals surface area contributed by atoms with Gasteiger partial charge < -0.3 is 8.98 Å². The molecule has 0 saturated carbocycles. The second-order valence-electron chi connectivity index (χ2n) is 6.44. The van der Waals surface area contributed by atoms with Gasteiger partial charge >= 0.3 is 0 Å². The number of thioether (sulfide) groups is 1. The number of nitrogens with zero attached hydrogens (tertiary/aromatic N) is 5. The average Bonchev–Trinajstić information content (AvgIpc) is 3.17. The summed E-state index contributed by atoms with van der Waals surface area (Å²) in [5.74, 6) is 2.27. The van der Waals surface area contributed by atoms with Gasteiger partial charge in [-0.3, -0.25) is 0 Å². The number of hydrogen-bond acceptors (Lipinski definition) is 6. The van der Waals surface area contributed by atoms with Gasteiger partial charge in [0.1, 0.15) is 5.82 Å². The maximum absolute atomic E-state index is 5.90. The third-order valence-electron chi connectivity index (χ3n) is 4.41. The van der Waals surface area contributed by atoms with E-state index in [2.05, 4.69) is 44.9 Å². The first-order valence-corrected chi connectivity index (χ1v) is 9.58. The van der Waals surface area contributed by atoms with Crippen LogP contribution in [0.3, 0.4) is 0 Å². The van der Waals surface area contributed by atoms with Crippen molar-refractivity contribution in [2.24, 2.45) is 0 Å². The van der Waals surface area contributed by atoms with Crippen LogP contribution >= 0.6 is 11.8 Å². The van der Waals surface area contributed by atoms with Gasteiger partial charge in [0.2, 0.25) is 11.8 Å². The molecule has 0 saturated heterocycles. The molecule has 130 valence electrons. The molecular formula is C18H21N5OS. The summed E-state index contributed by atoms with van der Waals surface area (Å²) < 4.78 is 8.15. The molecule has 0 bridgehead atoms. The zero-order valence-corrected chi connectivity index (χ0v) is 15.3. The third kappa shape index (κ3) is 3.46. The van der Waals surface area contributed by atoms with E-state index in [1.54, 1.807) is 11.8 Å². The molecule has 4 rings (SSSR count). The molecule has 3 aromatic rings. The summed E-state index contributed by atoms with van der Waals surface area (Å²) in [6.45, 7) is 5.11. The van der Waals surface area contributed by atoms with Crippen LogP contribution in [0.5, 0.6) is 0 Å². The highest BCUT2D eigenvalue weighted by atomic mass is 32.2. The summed E-state index contributed by atoms with van der Waals surface area (Å²) in [4.78, 5) is 0. The van der Waals surface area contributed by atoms with Gasteiger partial charge in [0.25, 0.3) is 0 Å². The third-order valence-corrected chi connectivity index (χ3v) is 5.48. The van der Waals surface area contributed by atoms with E-state index in [1.165, 1.54) is 24.8 Å². The molecule has 7 heteroatoms. The molecule has 0 N–H and O–H groups in total. The number of fused-ring (bicyclic) bond motifs is 1. The van der Waals surface area contributed by atoms with E-state index in [0.29, 0.717) is 11.8 Å². The van der Waals surface area contributed by atoms with Gasteiger partial charge in [-0.25, -0.2) is 0 Å². The van der Waals surface area contributed by atoms with Crippen molar-refractivity contribution in [3.05, 3.63) is 41.5 Å². The Morgan fingerprint density at radius 3 is 2.92 bits per heavy atom. The lowest BCUT2D eigenvalue weighted by molar-refractivity contribution is 0.508. The van der Waals surface area contributed by atoms with E-state index >= 15 is 0 Å². The maximum atomic E-state index is 5.90. The van der Waals surface area contributed by atoms with E-state index in [4.69, 9.17) is 4.42 Å². The Morgan fingerprint density at radius 2 is 2.04 bits per heavy atom. The lowest BCUT2D eigenvalue weighted by Gasteiger charge is -2.09. The predicted molar refractivity (Wildman–Crippen MR) is 96.3 cm³/mol. The summed E-state index contributed by atoms with van der Waals surface area (Å²) in [5, 5.41) is 18.1. The van der Waals surface area contributed by atoms with Crippen molar-refractivity contribution in [2.45, 2.75) is 56.5 Å². The number of aryl methyl sites for hydroxylation is 2. The molecule has 3 heterocycles. The van der Waals surface area contributed by atoms with Crippen molar-refractivity contribution in [3.63, 3.8) is 0 Å². The Bertz CT molecular complexity index is 872. The molecule has 0 aliphatic carbocycles. The van der Waals surface area contributed by atoms with Crippen LogP contribution in [0.2, 0.25) is 0 Å². The Kier molecular flexibility index (Phi) is 4.57. The van der Waals surface area contributed by atoms with E-state index in [9.17, 15) is 0 Å². The van der Waals surface area contributed by atoms with Crippen LogP contribution < -0.4 is 0 Å². The highest BCUT2D eigenvalue weighted by molar-refractivity contribution is 7.99. The summed E-state index contributed by atoms with van der Waals surface area (Å²) >= 11 is 1.63. The van der Waals surface area contributed by atoms with E-state index < -0.39 is 0 Å². The van der Waals surface area contributed by atoms with Crippen LogP contribution in [0.4, 0.5) is 0 Å². The van der Waals surface area contributed by atoms with Gasteiger partial charge in [0, 0.05) is 18.5 Å². The fourth-order valence-corrected chi connectivity index (χ4v) is 3.97. The Balaban J connectivity index is 1.52. The molecular weight excluding hydrogens is 334 g/mol. The van der Waals surface area contributed by atoms with Gasteiger partial charge in [-0.15, -0.1) is 20.4 Å². The van der Waals surface area contributed by atoms with Crippen LogP contribution in [-0.4, -0.2) is 25.0 Å². The molecule has 1 atom stereocenters. The zero-order chi connectivity index (χ0) is 17.2.